The van der Waals surface area contributed by atoms with Crippen molar-refractivity contribution in [3.8, 4) is 0 Å². The Balaban J connectivity index is 1.95. The molecule has 8 heteroatoms. The Hall–Kier alpha value is -2.22. The Kier molecular flexibility index (Phi) is 2.82. The molecule has 0 radical (unpaired) electrons. The number of aromatic carboxylic acids is 1. The van der Waals surface area contributed by atoms with Crippen molar-refractivity contribution in [2.45, 2.75) is 23.7 Å². The zero-order valence-corrected chi connectivity index (χ0v) is 11.1. The van der Waals surface area contributed by atoms with Gasteiger partial charge in [-0.15, -0.1) is 9.19 Å². The van der Waals surface area contributed by atoms with Crippen LogP contribution >= 0.6 is 0 Å². The Labute approximate surface area is 114 Å². The number of hydrogen-bond acceptors (Lipinski definition) is 5. The molecular weight excluding hydrogens is 282 g/mol. The van der Waals surface area contributed by atoms with E-state index in [1.165, 1.54) is 30.6 Å². The third-order valence-electron chi connectivity index (χ3n) is 3.08. The largest absolute Gasteiger partial charge is 0.478 e. The van der Waals surface area contributed by atoms with Gasteiger partial charge in [-0.05, 0) is 37.1 Å². The smallest absolute Gasteiger partial charge is 0.335 e. The van der Waals surface area contributed by atoms with Gasteiger partial charge in [0.05, 0.1) is 10.5 Å². The molecule has 3 rings (SSSR count). The summed E-state index contributed by atoms with van der Waals surface area (Å²) in [5.41, 5.74) is 0.0289. The first kappa shape index (κ1) is 12.8. The van der Waals surface area contributed by atoms with E-state index in [0.29, 0.717) is 5.82 Å². The molecule has 0 spiro atoms. The van der Waals surface area contributed by atoms with Crippen LogP contribution in [-0.4, -0.2) is 33.7 Å². The molecule has 1 fully saturated rings. The van der Waals surface area contributed by atoms with Gasteiger partial charge in [0.25, 0.3) is 10.0 Å². The predicted molar refractivity (Wildman–Crippen MR) is 68.0 cm³/mol. The summed E-state index contributed by atoms with van der Waals surface area (Å²) in [6.07, 6.45) is 3.14. The molecule has 1 aliphatic carbocycles. The van der Waals surface area contributed by atoms with Crippen molar-refractivity contribution in [2.24, 2.45) is 0 Å². The second kappa shape index (κ2) is 4.41. The number of hydrogen-bond donors (Lipinski definition) is 1. The molecule has 1 aromatic heterocycles. The number of rotatable bonds is 4. The second-order valence-electron chi connectivity index (χ2n) is 4.58. The maximum Gasteiger partial charge on any atom is 0.335 e. The normalized spacial score (nSPS) is 15.2. The molecule has 0 atom stereocenters. The maximum absolute atomic E-state index is 12.3. The van der Waals surface area contributed by atoms with E-state index < -0.39 is 16.0 Å². The molecule has 1 aliphatic rings. The van der Waals surface area contributed by atoms with Crippen LogP contribution in [0.3, 0.4) is 0 Å². The fraction of sp³-hybridized carbons (Fsp3) is 0.250. The average Bonchev–Trinajstić information content (AvgIpc) is 3.16. The minimum atomic E-state index is -3.82. The number of nitrogens with zero attached hydrogens (tertiary/aromatic N) is 3. The number of carbonyl (C=O) groups is 1. The van der Waals surface area contributed by atoms with E-state index in [2.05, 4.69) is 10.1 Å². The first-order valence-corrected chi connectivity index (χ1v) is 7.43. The number of carboxylic acid groups (broad SMARTS) is 1. The lowest BCUT2D eigenvalue weighted by Crippen LogP contribution is -2.14. The van der Waals surface area contributed by atoms with E-state index in [1.54, 1.807) is 0 Å². The molecule has 0 aliphatic heterocycles. The lowest BCUT2D eigenvalue weighted by atomic mass is 10.2. The van der Waals surface area contributed by atoms with Crippen LogP contribution in [0.5, 0.6) is 0 Å². The van der Waals surface area contributed by atoms with E-state index >= 15 is 0 Å². The third kappa shape index (κ3) is 2.18. The highest BCUT2D eigenvalue weighted by Crippen LogP contribution is 2.37. The van der Waals surface area contributed by atoms with Crippen LogP contribution in [0.2, 0.25) is 0 Å². The molecule has 0 unspecified atom stereocenters. The fourth-order valence-corrected chi connectivity index (χ4v) is 2.84. The first-order valence-electron chi connectivity index (χ1n) is 5.99. The number of benzene rings is 1. The molecule has 1 heterocycles. The van der Waals surface area contributed by atoms with Gasteiger partial charge in [0.1, 0.15) is 6.33 Å². The maximum atomic E-state index is 12.3. The summed E-state index contributed by atoms with van der Waals surface area (Å²) in [7, 11) is -3.82. The van der Waals surface area contributed by atoms with Gasteiger partial charge >= 0.3 is 5.97 Å². The lowest BCUT2D eigenvalue weighted by molar-refractivity contribution is 0.0696. The second-order valence-corrected chi connectivity index (χ2v) is 6.38. The molecule has 0 bridgehead atoms. The van der Waals surface area contributed by atoms with E-state index in [-0.39, 0.29) is 16.4 Å². The molecule has 0 amide bonds. The topological polar surface area (TPSA) is 102 Å². The van der Waals surface area contributed by atoms with Crippen LogP contribution in [0, 0.1) is 0 Å². The number of carboxylic acids is 1. The minimum absolute atomic E-state index is 0.0188. The lowest BCUT2D eigenvalue weighted by Gasteiger charge is -2.03. The van der Waals surface area contributed by atoms with Gasteiger partial charge in [-0.1, -0.05) is 0 Å². The zero-order chi connectivity index (χ0) is 14.3. The van der Waals surface area contributed by atoms with Gasteiger partial charge in [0, 0.05) is 5.92 Å². The third-order valence-corrected chi connectivity index (χ3v) is 4.61. The highest BCUT2D eigenvalue weighted by Gasteiger charge is 2.29. The van der Waals surface area contributed by atoms with Crippen molar-refractivity contribution in [1.29, 1.82) is 0 Å². The van der Waals surface area contributed by atoms with Crippen molar-refractivity contribution in [1.82, 2.24) is 14.2 Å². The summed E-state index contributed by atoms with van der Waals surface area (Å²) in [5.74, 6) is -0.303. The van der Waals surface area contributed by atoms with Crippen molar-refractivity contribution in [3.05, 3.63) is 42.0 Å². The van der Waals surface area contributed by atoms with Gasteiger partial charge in [-0.2, -0.15) is 8.42 Å². The molecule has 7 nitrogen and oxygen atoms in total. The molecule has 1 aromatic carbocycles. The Bertz CT molecular complexity index is 760. The fourth-order valence-electron chi connectivity index (χ4n) is 1.78. The summed E-state index contributed by atoms with van der Waals surface area (Å²) in [6, 6.07) is 4.98. The van der Waals surface area contributed by atoms with Gasteiger partial charge in [0.2, 0.25) is 0 Å². The number of aromatic nitrogens is 3. The summed E-state index contributed by atoms with van der Waals surface area (Å²) >= 11 is 0. The van der Waals surface area contributed by atoms with Gasteiger partial charge in [-0.3, -0.25) is 0 Å². The molecule has 20 heavy (non-hydrogen) atoms. The van der Waals surface area contributed by atoms with Crippen LogP contribution in [-0.2, 0) is 10.0 Å². The molecule has 104 valence electrons. The van der Waals surface area contributed by atoms with Crippen LogP contribution < -0.4 is 0 Å². The quantitative estimate of drug-likeness (QED) is 0.905. The van der Waals surface area contributed by atoms with Crippen molar-refractivity contribution < 1.29 is 18.3 Å². The van der Waals surface area contributed by atoms with Crippen molar-refractivity contribution >= 4 is 16.0 Å². The standard InChI is InChI=1S/C12H11N3O4S/c16-12(17)9-3-5-10(6-4-9)20(18,19)15-7-13-11(14-15)8-1-2-8/h3-8H,1-2H2,(H,16,17). The Morgan fingerprint density at radius 2 is 1.90 bits per heavy atom. The first-order chi connectivity index (χ1) is 9.48. The summed E-state index contributed by atoms with van der Waals surface area (Å²) < 4.78 is 25.4. The van der Waals surface area contributed by atoms with E-state index in [1.807, 2.05) is 0 Å². The van der Waals surface area contributed by atoms with Gasteiger partial charge in [-0.25, -0.2) is 9.78 Å². The monoisotopic (exact) mass is 293 g/mol. The molecule has 0 saturated heterocycles. The van der Waals surface area contributed by atoms with E-state index in [4.69, 9.17) is 5.11 Å². The SMILES string of the molecule is O=C(O)c1ccc(S(=O)(=O)n2cnc(C3CC3)n2)cc1. The van der Waals surface area contributed by atoms with Crippen molar-refractivity contribution in [3.63, 3.8) is 0 Å². The van der Waals surface area contributed by atoms with Crippen LogP contribution in [0.25, 0.3) is 0 Å². The molecular formula is C12H11N3O4S. The van der Waals surface area contributed by atoms with Crippen LogP contribution in [0.4, 0.5) is 0 Å². The average molecular weight is 293 g/mol. The van der Waals surface area contributed by atoms with Crippen molar-refractivity contribution in [2.75, 3.05) is 0 Å². The molecule has 1 saturated carbocycles. The van der Waals surface area contributed by atoms with Gasteiger partial charge < -0.3 is 5.11 Å². The van der Waals surface area contributed by atoms with Gasteiger partial charge in [0.15, 0.2) is 5.82 Å². The van der Waals surface area contributed by atoms with Crippen LogP contribution in [0.15, 0.2) is 35.5 Å². The Morgan fingerprint density at radius 3 is 2.45 bits per heavy atom. The highest BCUT2D eigenvalue weighted by molar-refractivity contribution is 7.89. The Morgan fingerprint density at radius 1 is 1.25 bits per heavy atom. The predicted octanol–water partition coefficient (Wildman–Crippen LogP) is 1.09. The molecule has 2 aromatic rings. The van der Waals surface area contributed by atoms with E-state index in [9.17, 15) is 13.2 Å². The van der Waals surface area contributed by atoms with E-state index in [0.717, 1.165) is 16.9 Å². The molecule has 1 N–H and O–H groups in total. The van der Waals surface area contributed by atoms with Crippen LogP contribution in [0.1, 0.15) is 34.9 Å². The summed E-state index contributed by atoms with van der Waals surface area (Å²) in [6.45, 7) is 0. The zero-order valence-electron chi connectivity index (χ0n) is 10.3. The summed E-state index contributed by atoms with van der Waals surface area (Å²) in [4.78, 5) is 14.7. The summed E-state index contributed by atoms with van der Waals surface area (Å²) in [5, 5.41) is 12.8. The highest BCUT2D eigenvalue weighted by atomic mass is 32.2. The minimum Gasteiger partial charge on any atom is -0.478 e.